The zero-order chi connectivity index (χ0) is 23.8. The molecule has 0 unspecified atom stereocenters. The highest BCUT2D eigenvalue weighted by molar-refractivity contribution is 6.30. The predicted molar refractivity (Wildman–Crippen MR) is 115 cm³/mol. The number of carbonyl (C=O) groups excluding carboxylic acids is 3. The zero-order valence-electron chi connectivity index (χ0n) is 18.2. The van der Waals surface area contributed by atoms with Gasteiger partial charge in [-0.1, -0.05) is 29.8 Å². The van der Waals surface area contributed by atoms with E-state index in [-0.39, 0.29) is 17.5 Å². The van der Waals surface area contributed by atoms with Crippen molar-refractivity contribution in [1.82, 2.24) is 4.90 Å². The molecule has 2 aliphatic rings. The van der Waals surface area contributed by atoms with Gasteiger partial charge in [0, 0.05) is 11.1 Å². The van der Waals surface area contributed by atoms with Crippen molar-refractivity contribution in [3.63, 3.8) is 0 Å². The molecule has 0 spiro atoms. The van der Waals surface area contributed by atoms with Crippen LogP contribution in [0.25, 0.3) is 0 Å². The number of benzene rings is 2. The van der Waals surface area contributed by atoms with Crippen LogP contribution in [0.2, 0.25) is 5.02 Å². The Bertz CT molecular complexity index is 1090. The average molecular weight is 476 g/mol. The van der Waals surface area contributed by atoms with Crippen LogP contribution < -0.4 is 9.47 Å². The maximum atomic E-state index is 12.5. The number of rotatable bonds is 6. The molecule has 0 aliphatic carbocycles. The third-order valence-electron chi connectivity index (χ3n) is 5.55. The summed E-state index contributed by atoms with van der Waals surface area (Å²) in [7, 11) is 2.23. The van der Waals surface area contributed by atoms with Crippen molar-refractivity contribution in [2.24, 2.45) is 0 Å². The van der Waals surface area contributed by atoms with Gasteiger partial charge in [0.15, 0.2) is 11.5 Å². The third kappa shape index (κ3) is 4.16. The first kappa shape index (κ1) is 22.7. The molecule has 174 valence electrons. The lowest BCUT2D eigenvalue weighted by atomic mass is 10.0. The lowest BCUT2D eigenvalue weighted by molar-refractivity contribution is -0.199. The number of esters is 2. The number of cyclic esters (lactones) is 1. The summed E-state index contributed by atoms with van der Waals surface area (Å²) in [5, 5.41) is 0.574. The first-order valence-corrected chi connectivity index (χ1v) is 10.6. The molecule has 2 aliphatic heterocycles. The van der Waals surface area contributed by atoms with Gasteiger partial charge in [-0.25, -0.2) is 14.4 Å². The molecule has 10 heteroatoms. The summed E-state index contributed by atoms with van der Waals surface area (Å²) in [5.74, 6) is -4.03. The summed E-state index contributed by atoms with van der Waals surface area (Å²) in [4.78, 5) is 38.5. The molecule has 0 N–H and O–H groups in total. The van der Waals surface area contributed by atoms with Gasteiger partial charge in [-0.2, -0.15) is 0 Å². The van der Waals surface area contributed by atoms with Crippen LogP contribution in [0.3, 0.4) is 0 Å². The van der Waals surface area contributed by atoms with Gasteiger partial charge < -0.3 is 28.6 Å². The minimum absolute atomic E-state index is 0.191. The minimum Gasteiger partial charge on any atom is -0.463 e. The molecular formula is C23H22ClNO8. The summed E-state index contributed by atoms with van der Waals surface area (Å²) in [6, 6.07) is 12.0. The highest BCUT2D eigenvalue weighted by Crippen LogP contribution is 2.41. The maximum absolute atomic E-state index is 12.5. The fraction of sp³-hybridized carbons (Fsp3) is 0.348. The smallest absolute Gasteiger partial charge is 0.453 e. The first-order valence-electron chi connectivity index (χ1n) is 10.2. The maximum Gasteiger partial charge on any atom is 0.453 e. The Labute approximate surface area is 195 Å². The van der Waals surface area contributed by atoms with E-state index in [2.05, 4.69) is 9.47 Å². The second-order valence-corrected chi connectivity index (χ2v) is 8.15. The predicted octanol–water partition coefficient (Wildman–Crippen LogP) is 3.28. The Hall–Kier alpha value is -3.46. The third-order valence-corrected chi connectivity index (χ3v) is 5.78. The minimum atomic E-state index is -2.35. The second kappa shape index (κ2) is 8.82. The van der Waals surface area contributed by atoms with Gasteiger partial charge in [-0.05, 0) is 48.7 Å². The van der Waals surface area contributed by atoms with Crippen LogP contribution in [0, 0.1) is 0 Å². The number of carbonyl (C=O) groups is 3. The van der Waals surface area contributed by atoms with Gasteiger partial charge in [0.05, 0.1) is 20.8 Å². The van der Waals surface area contributed by atoms with Crippen LogP contribution in [0.4, 0.5) is 4.79 Å². The van der Waals surface area contributed by atoms with Crippen molar-refractivity contribution in [3.8, 4) is 11.5 Å². The van der Waals surface area contributed by atoms with Crippen LogP contribution in [0.5, 0.6) is 11.5 Å². The molecule has 1 fully saturated rings. The fourth-order valence-electron chi connectivity index (χ4n) is 3.86. The van der Waals surface area contributed by atoms with Crippen molar-refractivity contribution < 1.29 is 38.1 Å². The molecule has 33 heavy (non-hydrogen) atoms. The summed E-state index contributed by atoms with van der Waals surface area (Å²) >= 11 is 6.06. The van der Waals surface area contributed by atoms with Crippen molar-refractivity contribution in [2.75, 3.05) is 20.8 Å². The number of ether oxygens (including phenoxy) is 5. The lowest BCUT2D eigenvalue weighted by Gasteiger charge is -2.22. The largest absolute Gasteiger partial charge is 0.463 e. The number of halogens is 1. The molecular weight excluding hydrogens is 454 g/mol. The van der Waals surface area contributed by atoms with E-state index in [0.717, 1.165) is 25.3 Å². The van der Waals surface area contributed by atoms with Crippen molar-refractivity contribution in [2.45, 2.75) is 31.3 Å². The topological polar surface area (TPSA) is 101 Å². The van der Waals surface area contributed by atoms with E-state index in [1.54, 1.807) is 35.2 Å². The fourth-order valence-corrected chi connectivity index (χ4v) is 4.06. The van der Waals surface area contributed by atoms with E-state index in [1.807, 2.05) is 19.1 Å². The van der Waals surface area contributed by atoms with Crippen molar-refractivity contribution >= 4 is 29.6 Å². The van der Waals surface area contributed by atoms with Crippen molar-refractivity contribution in [1.29, 1.82) is 0 Å². The molecule has 0 bridgehead atoms. The normalized spacial score (nSPS) is 19.1. The molecule has 0 saturated carbocycles. The molecule has 2 aromatic carbocycles. The first-order chi connectivity index (χ1) is 15.8. The molecule has 4 rings (SSSR count). The molecule has 2 atom stereocenters. The Morgan fingerprint density at radius 2 is 1.82 bits per heavy atom. The van der Waals surface area contributed by atoms with Gasteiger partial charge in [0.1, 0.15) is 6.10 Å². The van der Waals surface area contributed by atoms with E-state index in [0.29, 0.717) is 18.0 Å². The summed E-state index contributed by atoms with van der Waals surface area (Å²) in [6.45, 7) is 2.29. The molecule has 0 radical (unpaired) electrons. The van der Waals surface area contributed by atoms with Crippen molar-refractivity contribution in [3.05, 3.63) is 58.6 Å². The van der Waals surface area contributed by atoms with Crippen LogP contribution in [0.1, 0.15) is 24.2 Å². The van der Waals surface area contributed by atoms with E-state index in [9.17, 15) is 14.4 Å². The molecule has 1 saturated heterocycles. The van der Waals surface area contributed by atoms with Gasteiger partial charge in [0.2, 0.25) is 0 Å². The van der Waals surface area contributed by atoms with E-state index in [1.165, 1.54) is 0 Å². The van der Waals surface area contributed by atoms with Crippen LogP contribution in [0.15, 0.2) is 42.5 Å². The Balaban J connectivity index is 1.48. The molecule has 1 amide bonds. The number of methoxy groups -OCH3 is 2. The monoisotopic (exact) mass is 475 g/mol. The van der Waals surface area contributed by atoms with Gasteiger partial charge in [-0.15, -0.1) is 0 Å². The van der Waals surface area contributed by atoms with Gasteiger partial charge >= 0.3 is 23.8 Å². The number of fused-ring (bicyclic) bond motifs is 1. The highest BCUT2D eigenvalue weighted by atomic mass is 35.5. The van der Waals surface area contributed by atoms with Gasteiger partial charge in [0.25, 0.3) is 0 Å². The van der Waals surface area contributed by atoms with E-state index in [4.69, 9.17) is 25.8 Å². The zero-order valence-corrected chi connectivity index (χ0v) is 19.0. The second-order valence-electron chi connectivity index (χ2n) is 7.72. The van der Waals surface area contributed by atoms with Crippen LogP contribution >= 0.6 is 11.6 Å². The molecule has 0 aromatic heterocycles. The molecule has 9 nitrogen and oxygen atoms in total. The number of nitrogens with zero attached hydrogens (tertiary/aromatic N) is 1. The van der Waals surface area contributed by atoms with Crippen LogP contribution in [-0.4, -0.2) is 55.5 Å². The van der Waals surface area contributed by atoms with E-state index >= 15 is 0 Å². The summed E-state index contributed by atoms with van der Waals surface area (Å²) < 4.78 is 25.9. The summed E-state index contributed by atoms with van der Waals surface area (Å²) in [6.07, 6.45) is -0.350. The molecule has 2 aromatic rings. The quantitative estimate of drug-likeness (QED) is 0.356. The van der Waals surface area contributed by atoms with Crippen LogP contribution in [-0.2, 0) is 30.2 Å². The SMILES string of the molecule is COC(=O)C1(C(=O)OC)Oc2ccc(C[C@@H](C)N3C[C@@H](c4cccc(Cl)c4)OC3=O)cc2O1. The number of hydrogen-bond acceptors (Lipinski definition) is 8. The Morgan fingerprint density at radius 1 is 1.12 bits per heavy atom. The molecule has 2 heterocycles. The highest BCUT2D eigenvalue weighted by Gasteiger charge is 2.59. The standard InChI is InChI=1S/C23H22ClNO8/c1-13(25-12-19(31-22(25)28)15-5-4-6-16(24)11-15)9-14-7-8-17-18(10-14)33-23(32-17,20(26)29-2)21(27)30-3/h4-8,10-11,13,19H,9,12H2,1-3H3/t13-,19+/m1/s1. The van der Waals surface area contributed by atoms with E-state index < -0.39 is 29.9 Å². The number of hydrogen-bond donors (Lipinski definition) is 0. The number of amides is 1. The van der Waals surface area contributed by atoms with Gasteiger partial charge in [-0.3, -0.25) is 0 Å². The average Bonchev–Trinajstić information content (AvgIpc) is 3.39. The Kier molecular flexibility index (Phi) is 6.07. The summed E-state index contributed by atoms with van der Waals surface area (Å²) in [5.41, 5.74) is 1.63. The lowest BCUT2D eigenvalue weighted by Crippen LogP contribution is -2.55. The Morgan fingerprint density at radius 3 is 2.48 bits per heavy atom.